The number of halogens is 3. The van der Waals surface area contributed by atoms with Gasteiger partial charge >= 0.3 is 0 Å². The normalized spacial score (nSPS) is 9.90. The molecule has 10 heavy (non-hydrogen) atoms. The maximum Gasteiger partial charge on any atom is 0.124 e. The molecular formula is C7H5BrFI. The summed E-state index contributed by atoms with van der Waals surface area (Å²) in [5.74, 6) is -0.180. The van der Waals surface area contributed by atoms with Gasteiger partial charge in [-0.25, -0.2) is 4.39 Å². The van der Waals surface area contributed by atoms with Crippen molar-refractivity contribution in [1.82, 2.24) is 0 Å². The second-order valence-corrected chi connectivity index (χ2v) is 3.59. The van der Waals surface area contributed by atoms with Gasteiger partial charge in [0.05, 0.1) is 0 Å². The molecule has 0 amide bonds. The highest BCUT2D eigenvalue weighted by atomic mass is 127. The Kier molecular flexibility index (Phi) is 3.10. The zero-order valence-electron chi connectivity index (χ0n) is 5.07. The minimum absolute atomic E-state index is 0.180. The fraction of sp³-hybridized carbons (Fsp3) is 0.143. The highest BCUT2D eigenvalue weighted by Crippen LogP contribution is 2.16. The van der Waals surface area contributed by atoms with Crippen molar-refractivity contribution in [1.29, 1.82) is 0 Å². The molecule has 1 aromatic carbocycles. The van der Waals surface area contributed by atoms with Crippen molar-refractivity contribution in [3.8, 4) is 0 Å². The molecule has 0 bridgehead atoms. The van der Waals surface area contributed by atoms with E-state index in [0.29, 0.717) is 0 Å². The van der Waals surface area contributed by atoms with Gasteiger partial charge in [0.2, 0.25) is 0 Å². The molecule has 54 valence electrons. The summed E-state index contributed by atoms with van der Waals surface area (Å²) in [7, 11) is 0. The highest BCUT2D eigenvalue weighted by Gasteiger charge is 1.95. The van der Waals surface area contributed by atoms with Crippen molar-refractivity contribution >= 4 is 38.5 Å². The SMILES string of the molecule is Fc1cc(Br)cc(CI)c1. The highest BCUT2D eigenvalue weighted by molar-refractivity contribution is 14.1. The second-order valence-electron chi connectivity index (χ2n) is 1.91. The fourth-order valence-corrected chi connectivity index (χ4v) is 1.64. The summed E-state index contributed by atoms with van der Waals surface area (Å²) in [5, 5.41) is 0. The van der Waals surface area contributed by atoms with Gasteiger partial charge in [-0.05, 0) is 23.8 Å². The number of hydrogen-bond acceptors (Lipinski definition) is 0. The molecule has 0 unspecified atom stereocenters. The first-order chi connectivity index (χ1) is 4.72. The predicted octanol–water partition coefficient (Wildman–Crippen LogP) is 3.52. The van der Waals surface area contributed by atoms with Gasteiger partial charge in [0.15, 0.2) is 0 Å². The first kappa shape index (κ1) is 8.46. The summed E-state index contributed by atoms with van der Waals surface area (Å²) in [4.78, 5) is 0. The van der Waals surface area contributed by atoms with E-state index in [0.717, 1.165) is 14.5 Å². The minimum Gasteiger partial charge on any atom is -0.207 e. The van der Waals surface area contributed by atoms with Crippen LogP contribution in [-0.4, -0.2) is 0 Å². The fourth-order valence-electron chi connectivity index (χ4n) is 0.688. The summed E-state index contributed by atoms with van der Waals surface area (Å²) in [6.45, 7) is 0. The molecule has 0 N–H and O–H groups in total. The molecule has 0 fully saturated rings. The summed E-state index contributed by atoms with van der Waals surface area (Å²) in [6.07, 6.45) is 0. The van der Waals surface area contributed by atoms with E-state index in [1.807, 2.05) is 6.07 Å². The van der Waals surface area contributed by atoms with Crippen molar-refractivity contribution in [3.05, 3.63) is 34.1 Å². The van der Waals surface area contributed by atoms with Gasteiger partial charge in [0, 0.05) is 8.90 Å². The molecule has 0 saturated carbocycles. The summed E-state index contributed by atoms with van der Waals surface area (Å²) in [6, 6.07) is 4.91. The second kappa shape index (κ2) is 3.67. The molecule has 3 heteroatoms. The largest absolute Gasteiger partial charge is 0.207 e. The van der Waals surface area contributed by atoms with Gasteiger partial charge in [-0.1, -0.05) is 38.5 Å². The van der Waals surface area contributed by atoms with Gasteiger partial charge in [0.1, 0.15) is 5.82 Å². The first-order valence-corrected chi connectivity index (χ1v) is 5.05. The average Bonchev–Trinajstić information content (AvgIpc) is 1.85. The van der Waals surface area contributed by atoms with Crippen molar-refractivity contribution < 1.29 is 4.39 Å². The van der Waals surface area contributed by atoms with Gasteiger partial charge in [0.25, 0.3) is 0 Å². The molecule has 0 aliphatic heterocycles. The lowest BCUT2D eigenvalue weighted by atomic mass is 10.2. The van der Waals surface area contributed by atoms with Crippen molar-refractivity contribution in [3.63, 3.8) is 0 Å². The van der Waals surface area contributed by atoms with Crippen LogP contribution in [0.2, 0.25) is 0 Å². The Labute approximate surface area is 81.1 Å². The van der Waals surface area contributed by atoms with Crippen LogP contribution in [0.3, 0.4) is 0 Å². The average molecular weight is 315 g/mol. The molecule has 1 rings (SSSR count). The van der Waals surface area contributed by atoms with E-state index >= 15 is 0 Å². The third-order valence-electron chi connectivity index (χ3n) is 1.08. The predicted molar refractivity (Wildman–Crippen MR) is 51.8 cm³/mol. The molecule has 0 aliphatic rings. The molecule has 0 aromatic heterocycles. The smallest absolute Gasteiger partial charge is 0.124 e. The zero-order valence-corrected chi connectivity index (χ0v) is 8.82. The Morgan fingerprint density at radius 1 is 1.40 bits per heavy atom. The van der Waals surface area contributed by atoms with E-state index in [-0.39, 0.29) is 5.82 Å². The number of hydrogen-bond donors (Lipinski definition) is 0. The number of alkyl halides is 1. The van der Waals surface area contributed by atoms with Crippen LogP contribution in [0.5, 0.6) is 0 Å². The molecule has 0 atom stereocenters. The zero-order chi connectivity index (χ0) is 7.56. The molecule has 0 aliphatic carbocycles. The lowest BCUT2D eigenvalue weighted by Crippen LogP contribution is -1.80. The van der Waals surface area contributed by atoms with E-state index in [9.17, 15) is 4.39 Å². The number of rotatable bonds is 1. The van der Waals surface area contributed by atoms with Crippen molar-refractivity contribution in [2.45, 2.75) is 4.43 Å². The monoisotopic (exact) mass is 314 g/mol. The number of benzene rings is 1. The van der Waals surface area contributed by atoms with Crippen LogP contribution < -0.4 is 0 Å². The Morgan fingerprint density at radius 3 is 2.60 bits per heavy atom. The lowest BCUT2D eigenvalue weighted by Gasteiger charge is -1.95. The molecule has 0 nitrogen and oxygen atoms in total. The third-order valence-corrected chi connectivity index (χ3v) is 2.42. The first-order valence-electron chi connectivity index (χ1n) is 2.73. The van der Waals surface area contributed by atoms with E-state index in [2.05, 4.69) is 38.5 Å². The van der Waals surface area contributed by atoms with Crippen LogP contribution >= 0.6 is 38.5 Å². The molecule has 1 aromatic rings. The van der Waals surface area contributed by atoms with Gasteiger partial charge < -0.3 is 0 Å². The van der Waals surface area contributed by atoms with Gasteiger partial charge in [-0.3, -0.25) is 0 Å². The quantitative estimate of drug-likeness (QED) is 0.549. The standard InChI is InChI=1S/C7H5BrFI/c8-6-1-5(4-10)2-7(9)3-6/h1-3H,4H2. The lowest BCUT2D eigenvalue weighted by molar-refractivity contribution is 0.625. The van der Waals surface area contributed by atoms with E-state index < -0.39 is 0 Å². The molecule has 0 saturated heterocycles. The van der Waals surface area contributed by atoms with Crippen molar-refractivity contribution in [2.24, 2.45) is 0 Å². The van der Waals surface area contributed by atoms with E-state index in [1.165, 1.54) is 12.1 Å². The van der Waals surface area contributed by atoms with Crippen molar-refractivity contribution in [2.75, 3.05) is 0 Å². The maximum absolute atomic E-state index is 12.6. The Hall–Kier alpha value is 0.360. The molecule has 0 radical (unpaired) electrons. The van der Waals surface area contributed by atoms with Crippen LogP contribution in [0, 0.1) is 5.82 Å². The molecule has 0 heterocycles. The summed E-state index contributed by atoms with van der Waals surface area (Å²) >= 11 is 5.41. The molecule has 0 spiro atoms. The van der Waals surface area contributed by atoms with Gasteiger partial charge in [-0.2, -0.15) is 0 Å². The Bertz CT molecular complexity index is 217. The Balaban J connectivity index is 3.06. The van der Waals surface area contributed by atoms with E-state index in [4.69, 9.17) is 0 Å². The van der Waals surface area contributed by atoms with Gasteiger partial charge in [-0.15, -0.1) is 0 Å². The van der Waals surface area contributed by atoms with E-state index in [1.54, 1.807) is 0 Å². The maximum atomic E-state index is 12.6. The van der Waals surface area contributed by atoms with Crippen LogP contribution in [-0.2, 0) is 4.43 Å². The summed E-state index contributed by atoms with van der Waals surface area (Å²) in [5.41, 5.74) is 1.01. The summed E-state index contributed by atoms with van der Waals surface area (Å²) < 4.78 is 14.2. The van der Waals surface area contributed by atoms with Crippen LogP contribution in [0.1, 0.15) is 5.56 Å². The molecular weight excluding hydrogens is 310 g/mol. The minimum atomic E-state index is -0.180. The van der Waals surface area contributed by atoms with Crippen LogP contribution in [0.15, 0.2) is 22.7 Å². The Morgan fingerprint density at radius 2 is 2.10 bits per heavy atom. The third kappa shape index (κ3) is 2.20. The van der Waals surface area contributed by atoms with Crippen LogP contribution in [0.4, 0.5) is 4.39 Å². The topological polar surface area (TPSA) is 0 Å². The van der Waals surface area contributed by atoms with Crippen LogP contribution in [0.25, 0.3) is 0 Å².